The molecule has 3 aliphatic rings. The second-order valence-corrected chi connectivity index (χ2v) is 13.3. The molecule has 1 atom stereocenters. The summed E-state index contributed by atoms with van der Waals surface area (Å²) in [4.78, 5) is 33.6. The van der Waals surface area contributed by atoms with E-state index in [0.29, 0.717) is 43.8 Å². The molecular formula is C38H41N9O4. The monoisotopic (exact) mass is 687 g/mol. The minimum atomic E-state index is -1.01. The van der Waals surface area contributed by atoms with E-state index < -0.39 is 6.10 Å². The minimum Gasteiger partial charge on any atom is -0.382 e. The molecule has 13 heteroatoms. The zero-order valence-corrected chi connectivity index (χ0v) is 28.4. The number of nitrogens with one attached hydrogen (secondary N) is 2. The Morgan fingerprint density at radius 1 is 0.647 bits per heavy atom. The van der Waals surface area contributed by atoms with E-state index >= 15 is 0 Å². The number of hydrogen-bond donors (Lipinski definition) is 3. The summed E-state index contributed by atoms with van der Waals surface area (Å²) in [5, 5.41) is 14.1. The lowest BCUT2D eigenvalue weighted by Crippen LogP contribution is -2.37. The van der Waals surface area contributed by atoms with Crippen molar-refractivity contribution >= 4 is 33.4 Å². The van der Waals surface area contributed by atoms with Gasteiger partial charge < -0.3 is 39.1 Å². The Kier molecular flexibility index (Phi) is 8.79. The Labute approximate surface area is 295 Å². The molecule has 4 aromatic heterocycles. The van der Waals surface area contributed by atoms with E-state index in [-0.39, 0.29) is 0 Å². The highest BCUT2D eigenvalue weighted by Gasteiger charge is 2.24. The molecule has 7 heterocycles. The quantitative estimate of drug-likeness (QED) is 0.213. The van der Waals surface area contributed by atoms with Crippen molar-refractivity contribution in [1.29, 1.82) is 0 Å². The summed E-state index contributed by atoms with van der Waals surface area (Å²) in [5.41, 5.74) is 5.95. The van der Waals surface area contributed by atoms with Crippen LogP contribution >= 0.6 is 0 Å². The van der Waals surface area contributed by atoms with Crippen molar-refractivity contribution in [2.45, 2.75) is 12.6 Å². The van der Waals surface area contributed by atoms with Crippen LogP contribution in [0.4, 0.5) is 11.6 Å². The number of ether oxygens (including phenoxy) is 3. The van der Waals surface area contributed by atoms with Gasteiger partial charge in [-0.2, -0.15) is 0 Å². The molecule has 51 heavy (non-hydrogen) atoms. The fourth-order valence-electron chi connectivity index (χ4n) is 7.17. The molecule has 0 radical (unpaired) electrons. The second kappa shape index (κ2) is 14.0. The number of rotatable bonds is 8. The van der Waals surface area contributed by atoms with Gasteiger partial charge in [-0.3, -0.25) is 4.90 Å². The van der Waals surface area contributed by atoms with Gasteiger partial charge in [0.2, 0.25) is 0 Å². The van der Waals surface area contributed by atoms with E-state index in [4.69, 9.17) is 34.1 Å². The third-order valence-electron chi connectivity index (χ3n) is 10.0. The summed E-state index contributed by atoms with van der Waals surface area (Å²) < 4.78 is 16.8. The molecule has 1 unspecified atom stereocenters. The number of morpholine rings is 3. The number of aliphatic hydroxyl groups excluding tert-OH is 1. The first-order valence-corrected chi connectivity index (χ1v) is 17.7. The Bertz CT molecular complexity index is 2150. The van der Waals surface area contributed by atoms with E-state index in [1.807, 2.05) is 48.8 Å². The van der Waals surface area contributed by atoms with Crippen molar-refractivity contribution in [2.24, 2.45) is 0 Å². The van der Waals surface area contributed by atoms with Gasteiger partial charge in [0.1, 0.15) is 17.7 Å². The van der Waals surface area contributed by atoms with Gasteiger partial charge >= 0.3 is 0 Å². The molecule has 9 rings (SSSR count). The molecule has 3 N–H and O–H groups in total. The average molecular weight is 688 g/mol. The number of anilines is 2. The minimum absolute atomic E-state index is 0.528. The zero-order chi connectivity index (χ0) is 34.1. The number of aromatic nitrogens is 6. The van der Waals surface area contributed by atoms with E-state index in [2.05, 4.69) is 42.9 Å². The summed E-state index contributed by atoms with van der Waals surface area (Å²) in [6.45, 7) is 9.55. The summed E-state index contributed by atoms with van der Waals surface area (Å²) >= 11 is 0. The van der Waals surface area contributed by atoms with Gasteiger partial charge in [-0.25, -0.2) is 19.9 Å². The van der Waals surface area contributed by atoms with Crippen LogP contribution in [0, 0.1) is 0 Å². The van der Waals surface area contributed by atoms with Crippen LogP contribution in [0.25, 0.3) is 44.6 Å². The van der Waals surface area contributed by atoms with E-state index in [1.165, 1.54) is 0 Å². The highest BCUT2D eigenvalue weighted by molar-refractivity contribution is 5.88. The molecule has 3 aliphatic heterocycles. The first-order valence-electron chi connectivity index (χ1n) is 17.7. The summed E-state index contributed by atoms with van der Waals surface area (Å²) in [7, 11) is 0. The Hall–Kier alpha value is -4.92. The van der Waals surface area contributed by atoms with Crippen LogP contribution in [0.1, 0.15) is 23.1 Å². The lowest BCUT2D eigenvalue weighted by atomic mass is 10.0. The maximum absolute atomic E-state index is 12.1. The van der Waals surface area contributed by atoms with Crippen LogP contribution in [-0.2, 0) is 20.8 Å². The predicted octanol–water partition coefficient (Wildman–Crippen LogP) is 4.15. The van der Waals surface area contributed by atoms with Gasteiger partial charge in [0.25, 0.3) is 0 Å². The predicted molar refractivity (Wildman–Crippen MR) is 195 cm³/mol. The van der Waals surface area contributed by atoms with Crippen molar-refractivity contribution in [3.63, 3.8) is 0 Å². The van der Waals surface area contributed by atoms with Crippen LogP contribution in [0.5, 0.6) is 0 Å². The molecule has 262 valence electrons. The summed E-state index contributed by atoms with van der Waals surface area (Å²) in [5.74, 6) is 2.90. The fraction of sp³-hybridized carbons (Fsp3) is 0.368. The van der Waals surface area contributed by atoms with Gasteiger partial charge in [-0.1, -0.05) is 0 Å². The molecule has 0 amide bonds. The highest BCUT2D eigenvalue weighted by Crippen LogP contribution is 2.34. The molecule has 13 nitrogen and oxygen atoms in total. The standard InChI is InChI=1S/C38H41N9O4/c48-36(33-22-35(47-11-17-51-18-12-47)44-38(42-33)26-1-3-31-25(19-26)5-6-39-31)30-23-40-32-4-2-27(20-29(30)32)37-41-28(24-45-7-13-49-14-8-45)21-34(43-37)46-9-15-50-16-10-46/h1-6,19-23,36,39-40,48H,7-18,24H2. The maximum Gasteiger partial charge on any atom is 0.161 e. The van der Waals surface area contributed by atoms with Crippen LogP contribution in [0.15, 0.2) is 67.0 Å². The van der Waals surface area contributed by atoms with Gasteiger partial charge in [0.05, 0.1) is 51.0 Å². The second-order valence-electron chi connectivity index (χ2n) is 13.3. The van der Waals surface area contributed by atoms with E-state index in [0.717, 1.165) is 115 Å². The van der Waals surface area contributed by atoms with Crippen LogP contribution in [0.3, 0.4) is 0 Å². The molecule has 6 aromatic rings. The van der Waals surface area contributed by atoms with E-state index in [9.17, 15) is 5.11 Å². The first kappa shape index (κ1) is 32.0. The van der Waals surface area contributed by atoms with Gasteiger partial charge in [0.15, 0.2) is 11.6 Å². The Morgan fingerprint density at radius 2 is 1.27 bits per heavy atom. The van der Waals surface area contributed by atoms with Gasteiger partial charge in [-0.05, 0) is 42.5 Å². The number of benzene rings is 2. The number of fused-ring (bicyclic) bond motifs is 2. The molecule has 0 bridgehead atoms. The number of H-pyrrole nitrogens is 2. The van der Waals surface area contributed by atoms with Gasteiger partial charge in [-0.15, -0.1) is 0 Å². The zero-order valence-electron chi connectivity index (χ0n) is 28.4. The van der Waals surface area contributed by atoms with Crippen molar-refractivity contribution in [3.05, 3.63) is 83.9 Å². The molecule has 2 aromatic carbocycles. The third kappa shape index (κ3) is 6.66. The average Bonchev–Trinajstić information content (AvgIpc) is 3.85. The fourth-order valence-corrected chi connectivity index (χ4v) is 7.17. The van der Waals surface area contributed by atoms with Crippen LogP contribution in [0.2, 0.25) is 0 Å². The van der Waals surface area contributed by atoms with Crippen LogP contribution < -0.4 is 9.80 Å². The number of aliphatic hydroxyl groups is 1. The number of hydrogen-bond acceptors (Lipinski definition) is 11. The molecular weight excluding hydrogens is 646 g/mol. The largest absolute Gasteiger partial charge is 0.382 e. The maximum atomic E-state index is 12.1. The Morgan fingerprint density at radius 3 is 2.00 bits per heavy atom. The number of aromatic amines is 2. The van der Waals surface area contributed by atoms with Gasteiger partial charge in [0, 0.05) is 109 Å². The molecule has 3 saturated heterocycles. The topological polar surface area (TPSA) is 141 Å². The lowest BCUT2D eigenvalue weighted by Gasteiger charge is -2.29. The summed E-state index contributed by atoms with van der Waals surface area (Å²) in [6, 6.07) is 18.3. The third-order valence-corrected chi connectivity index (χ3v) is 10.0. The van der Waals surface area contributed by atoms with Crippen molar-refractivity contribution in [3.8, 4) is 22.8 Å². The smallest absolute Gasteiger partial charge is 0.161 e. The van der Waals surface area contributed by atoms with Crippen molar-refractivity contribution in [1.82, 2.24) is 34.8 Å². The Balaban J connectivity index is 1.09. The molecule has 0 aliphatic carbocycles. The molecule has 0 spiro atoms. The molecule has 3 fully saturated rings. The van der Waals surface area contributed by atoms with Crippen LogP contribution in [-0.4, -0.2) is 119 Å². The lowest BCUT2D eigenvalue weighted by molar-refractivity contribution is 0.0336. The SMILES string of the molecule is OC(c1cc(N2CCOCC2)nc(-c2ccc3[nH]ccc3c2)n1)c1c[nH]c2ccc(-c3nc(CN4CCOCC4)cc(N4CCOCC4)n3)cc12. The van der Waals surface area contributed by atoms with Crippen molar-refractivity contribution < 1.29 is 19.3 Å². The highest BCUT2D eigenvalue weighted by atomic mass is 16.5. The van der Waals surface area contributed by atoms with Crippen molar-refractivity contribution in [2.75, 3.05) is 88.7 Å². The first-order chi connectivity index (χ1) is 25.1. The normalized spacial score (nSPS) is 18.1. The van der Waals surface area contributed by atoms with E-state index in [1.54, 1.807) is 0 Å². The molecule has 0 saturated carbocycles. The number of nitrogens with zero attached hydrogens (tertiary/aromatic N) is 7. The summed E-state index contributed by atoms with van der Waals surface area (Å²) in [6.07, 6.45) is 2.79.